The Labute approximate surface area is 686 Å². The van der Waals surface area contributed by atoms with Crippen molar-refractivity contribution in [2.45, 2.75) is 0 Å². The molecule has 13 nitrogen and oxygen atoms in total. The summed E-state index contributed by atoms with van der Waals surface area (Å²) in [4.78, 5) is 65.9. The van der Waals surface area contributed by atoms with Gasteiger partial charge in [-0.1, -0.05) is 352 Å². The van der Waals surface area contributed by atoms with E-state index in [0.29, 0.717) is 27.9 Å². The summed E-state index contributed by atoms with van der Waals surface area (Å²) in [6.45, 7) is 0. The van der Waals surface area contributed by atoms with Gasteiger partial charge in [-0.25, -0.2) is 19.2 Å². The molecule has 0 amide bonds. The van der Waals surface area contributed by atoms with Gasteiger partial charge in [0, 0.05) is 46.4 Å². The Kier molecular flexibility index (Phi) is 39.0. The smallest absolute Gasteiger partial charge is 0.343 e. The number of para-hydroxylation sites is 3. The van der Waals surface area contributed by atoms with Gasteiger partial charge in [0.05, 0.1) is 35.7 Å². The minimum Gasteiger partial charge on any atom is -0.478 e. The van der Waals surface area contributed by atoms with Crippen molar-refractivity contribution in [3.8, 4) is 17.6 Å². The minimum absolute atomic E-state index is 0.00634. The molecule has 16 rings (SSSR count). The lowest BCUT2D eigenvalue weighted by Gasteiger charge is -2.02. The zero-order valence-corrected chi connectivity index (χ0v) is 64.6. The summed E-state index contributed by atoms with van der Waals surface area (Å²) < 4.78 is 19.6. The van der Waals surface area contributed by atoms with Crippen LogP contribution in [0.1, 0.15) is 59.7 Å². The molecule has 0 saturated carbocycles. The van der Waals surface area contributed by atoms with Crippen LogP contribution in [0.5, 0.6) is 5.75 Å². The van der Waals surface area contributed by atoms with Crippen molar-refractivity contribution in [3.63, 3.8) is 0 Å². The van der Waals surface area contributed by atoms with Crippen LogP contribution in [0.25, 0.3) is 52.3 Å². The number of carbonyl (C=O) groups is 4. The molecule has 0 atom stereocenters. The Balaban J connectivity index is 0.000000166. The van der Waals surface area contributed by atoms with Crippen LogP contribution >= 0.6 is 0 Å². The average Bonchev–Trinajstić information content (AvgIpc) is 0.844. The molecule has 14 aromatic carbocycles. The van der Waals surface area contributed by atoms with Crippen molar-refractivity contribution in [1.82, 2.24) is 0 Å². The molecule has 0 fully saturated rings. The SMILES string of the molecule is C(#Cc1ccccc1)c1ccccc1.C(=C\c1ccccc1)/c1ccccc1.COC(=O)/C=C/c1ccccc1.O=C(/C=C/c1ccccc1)c1ccccc1.O=C(O)/C=C/c1ccccc1.O=C(Oc1ccccc1)c1ccccc1.O=c1ccc2ccccc2o1.O=c1ccoc2ccccc12.c1ccc(N=Nc2ccccc2)cc1. The number of methoxy groups -OCH3 is 1. The van der Waals surface area contributed by atoms with Crippen LogP contribution < -0.4 is 15.8 Å². The van der Waals surface area contributed by atoms with Crippen LogP contribution in [0.3, 0.4) is 0 Å². The summed E-state index contributed by atoms with van der Waals surface area (Å²) in [5, 5.41) is 18.1. The Bertz CT molecular complexity index is 5690. The summed E-state index contributed by atoms with van der Waals surface area (Å²) >= 11 is 0. The van der Waals surface area contributed by atoms with Crippen LogP contribution in [-0.2, 0) is 14.3 Å². The van der Waals surface area contributed by atoms with E-state index in [4.69, 9.17) is 18.7 Å². The van der Waals surface area contributed by atoms with E-state index in [-0.39, 0.29) is 28.8 Å². The third-order valence-corrected chi connectivity index (χ3v) is 15.7. The van der Waals surface area contributed by atoms with Crippen molar-refractivity contribution in [2.75, 3.05) is 7.11 Å². The highest BCUT2D eigenvalue weighted by Gasteiger charge is 2.07. The normalized spacial score (nSPS) is 10.1. The number of rotatable bonds is 13. The number of ketones is 1. The molecule has 0 saturated heterocycles. The molecular formula is C105H84N2O11. The molecule has 580 valence electrons. The van der Waals surface area contributed by atoms with Gasteiger partial charge < -0.3 is 23.4 Å². The van der Waals surface area contributed by atoms with E-state index >= 15 is 0 Å². The fraction of sp³-hybridized carbons (Fsp3) is 0.00952. The van der Waals surface area contributed by atoms with Gasteiger partial charge >= 0.3 is 23.5 Å². The number of carboxylic acids is 1. The first-order chi connectivity index (χ1) is 57.9. The maximum Gasteiger partial charge on any atom is 0.343 e. The van der Waals surface area contributed by atoms with Crippen LogP contribution in [-0.4, -0.2) is 35.9 Å². The van der Waals surface area contributed by atoms with Crippen molar-refractivity contribution in [2.24, 2.45) is 10.2 Å². The number of aliphatic carboxylic acids is 1. The van der Waals surface area contributed by atoms with Crippen molar-refractivity contribution in [1.29, 1.82) is 0 Å². The summed E-state index contributed by atoms with van der Waals surface area (Å²) in [5.74, 6) is 5.23. The molecule has 1 N–H and O–H groups in total. The van der Waals surface area contributed by atoms with E-state index in [0.717, 1.165) is 56.2 Å². The lowest BCUT2D eigenvalue weighted by atomic mass is 10.1. The van der Waals surface area contributed by atoms with E-state index in [9.17, 15) is 28.8 Å². The van der Waals surface area contributed by atoms with Crippen molar-refractivity contribution in [3.05, 3.63) is 526 Å². The first-order valence-corrected chi connectivity index (χ1v) is 37.2. The molecule has 118 heavy (non-hydrogen) atoms. The van der Waals surface area contributed by atoms with Crippen LogP contribution in [0.15, 0.2) is 484 Å². The second-order valence-corrected chi connectivity index (χ2v) is 24.5. The molecule has 0 aliphatic rings. The lowest BCUT2D eigenvalue weighted by molar-refractivity contribution is -0.135. The molecule has 2 heterocycles. The first-order valence-electron chi connectivity index (χ1n) is 37.2. The molecule has 13 heteroatoms. The van der Waals surface area contributed by atoms with Gasteiger partial charge in [-0.2, -0.15) is 10.2 Å². The summed E-state index contributed by atoms with van der Waals surface area (Å²) in [6, 6.07) is 135. The quantitative estimate of drug-likeness (QED) is 0.0169. The maximum atomic E-state index is 11.7. The summed E-state index contributed by atoms with van der Waals surface area (Å²) in [7, 11) is 1.36. The average molecular weight is 1550 g/mol. The van der Waals surface area contributed by atoms with E-state index in [2.05, 4.69) is 63.2 Å². The lowest BCUT2D eigenvalue weighted by Crippen LogP contribution is -2.07. The second-order valence-electron chi connectivity index (χ2n) is 24.5. The maximum absolute atomic E-state index is 11.7. The van der Waals surface area contributed by atoms with Crippen molar-refractivity contribution >= 4 is 87.4 Å². The Morgan fingerprint density at radius 3 is 1.11 bits per heavy atom. The Morgan fingerprint density at radius 2 is 0.686 bits per heavy atom. The topological polar surface area (TPSA) is 192 Å². The van der Waals surface area contributed by atoms with Crippen LogP contribution in [0.2, 0.25) is 0 Å². The number of ether oxygens (including phenoxy) is 2. The molecule has 2 aromatic heterocycles. The van der Waals surface area contributed by atoms with Gasteiger partial charge in [-0.05, 0) is 143 Å². The molecular weight excluding hydrogens is 1470 g/mol. The number of benzene rings is 14. The molecule has 0 aliphatic carbocycles. The third-order valence-electron chi connectivity index (χ3n) is 15.7. The highest BCUT2D eigenvalue weighted by molar-refractivity contribution is 6.06. The molecule has 0 bridgehead atoms. The largest absolute Gasteiger partial charge is 0.478 e. The fourth-order valence-electron chi connectivity index (χ4n) is 9.85. The van der Waals surface area contributed by atoms with Gasteiger partial charge in [-0.3, -0.25) is 9.59 Å². The highest BCUT2D eigenvalue weighted by Crippen LogP contribution is 2.18. The predicted octanol–water partition coefficient (Wildman–Crippen LogP) is 24.8. The van der Waals surface area contributed by atoms with Gasteiger partial charge in [0.15, 0.2) is 11.2 Å². The fourth-order valence-corrected chi connectivity index (χ4v) is 9.85. The minimum atomic E-state index is -0.922. The number of esters is 2. The number of fused-ring (bicyclic) bond motifs is 2. The van der Waals surface area contributed by atoms with E-state index in [1.807, 2.05) is 352 Å². The molecule has 16 aromatic rings. The monoisotopic (exact) mass is 1550 g/mol. The Morgan fingerprint density at radius 1 is 0.339 bits per heavy atom. The number of allylic oxidation sites excluding steroid dienone is 1. The Hall–Kier alpha value is -16.3. The number of carbonyl (C=O) groups excluding carboxylic acids is 3. The van der Waals surface area contributed by atoms with Gasteiger partial charge in [-0.15, -0.1) is 0 Å². The van der Waals surface area contributed by atoms with Crippen LogP contribution in [0.4, 0.5) is 11.4 Å². The van der Waals surface area contributed by atoms with Gasteiger partial charge in [0.25, 0.3) is 0 Å². The van der Waals surface area contributed by atoms with E-state index in [1.165, 1.54) is 42.7 Å². The number of hydrogen-bond acceptors (Lipinski definition) is 12. The van der Waals surface area contributed by atoms with Crippen molar-refractivity contribution < 1.29 is 42.6 Å². The molecule has 0 unspecified atom stereocenters. The number of nitrogens with zero attached hydrogens (tertiary/aromatic N) is 2. The molecule has 0 radical (unpaired) electrons. The summed E-state index contributed by atoms with van der Waals surface area (Å²) in [5.41, 5.74) is 11.5. The van der Waals surface area contributed by atoms with Gasteiger partial charge in [0.1, 0.15) is 16.9 Å². The predicted molar refractivity (Wildman–Crippen MR) is 477 cm³/mol. The summed E-state index contributed by atoms with van der Waals surface area (Å²) in [6.07, 6.45) is 14.9. The number of carboxylic acid groups (broad SMARTS) is 1. The van der Waals surface area contributed by atoms with Gasteiger partial charge in [0.2, 0.25) is 0 Å². The zero-order valence-electron chi connectivity index (χ0n) is 64.6. The second kappa shape index (κ2) is 52.8. The number of hydrogen-bond donors (Lipinski definition) is 1. The van der Waals surface area contributed by atoms with E-state index < -0.39 is 5.97 Å². The highest BCUT2D eigenvalue weighted by atomic mass is 16.5. The number of azo groups is 1. The first kappa shape index (κ1) is 87.3. The van der Waals surface area contributed by atoms with E-state index in [1.54, 1.807) is 66.8 Å². The zero-order chi connectivity index (χ0) is 82.9. The molecule has 0 spiro atoms. The third kappa shape index (κ3) is 35.8. The van der Waals surface area contributed by atoms with Crippen LogP contribution in [0, 0.1) is 11.8 Å². The standard InChI is InChI=1S/C15H12O.C14H12.C14H10.C13H10O2.C12H10N2.C10H10O2.2C9H6O2.C9H8O2/c16-15(14-9-5-2-6-10-14)12-11-13-7-3-1-4-8-13;2*1-3-7-13(8-4-1)11-12-14-9-5-2-6-10-14;14-13(11-7-3-1-4-8-11)15-12-9-5-2-6-10-12;1-3-7-11(8-4-1)13-14-12-9-5-2-6-10-12;1-12-10(11)8-7-9-5-3-2-4-6-9;10-8-5-6-11-9-4-2-1-3-7(8)9;10-9-6-5-7-3-1-2-4-8(7)11-9;10-9(11)7-6-8-4-2-1-3-5-8/h1-12H;1-12H;1-10H;1-10H;1-10H;2-8H,1H3;2*1-6H;1-7H,(H,10,11)/b2*12-11+;;;;8-7+;;;7-6+. The molecule has 0 aliphatic heterocycles.